The van der Waals surface area contributed by atoms with E-state index in [-0.39, 0.29) is 11.5 Å². The van der Waals surface area contributed by atoms with Crippen LogP contribution in [-0.2, 0) is 11.2 Å². The Bertz CT molecular complexity index is 646. The molecular formula is C25H37NO. The quantitative estimate of drug-likeness (QED) is 0.609. The zero-order valence-corrected chi connectivity index (χ0v) is 17.4. The molecule has 0 radical (unpaired) electrons. The van der Waals surface area contributed by atoms with Crippen molar-refractivity contribution in [3.8, 4) is 0 Å². The lowest BCUT2D eigenvalue weighted by atomic mass is 9.84. The molecule has 0 aromatic heterocycles. The van der Waals surface area contributed by atoms with Crippen molar-refractivity contribution in [2.75, 3.05) is 0 Å². The fraction of sp³-hybridized carbons (Fsp3) is 0.640. The van der Waals surface area contributed by atoms with E-state index in [2.05, 4.69) is 43.4 Å². The summed E-state index contributed by atoms with van der Waals surface area (Å²) >= 11 is 0. The third-order valence-electron chi connectivity index (χ3n) is 6.21. The highest BCUT2D eigenvalue weighted by atomic mass is 16.1. The van der Waals surface area contributed by atoms with Crippen LogP contribution < -0.4 is 5.32 Å². The first kappa shape index (κ1) is 20.2. The van der Waals surface area contributed by atoms with E-state index in [4.69, 9.17) is 0 Å². The van der Waals surface area contributed by atoms with Gasteiger partial charge in [-0.3, -0.25) is 4.79 Å². The largest absolute Gasteiger partial charge is 0.379 e. The summed E-state index contributed by atoms with van der Waals surface area (Å²) in [6.45, 7) is 4.44. The third kappa shape index (κ3) is 5.96. The molecule has 1 aromatic carbocycles. The molecule has 0 bridgehead atoms. The number of benzene rings is 1. The van der Waals surface area contributed by atoms with Gasteiger partial charge >= 0.3 is 0 Å². The molecule has 1 aliphatic carbocycles. The minimum absolute atomic E-state index is 0.00698. The first-order valence-corrected chi connectivity index (χ1v) is 11.2. The lowest BCUT2D eigenvalue weighted by molar-refractivity contribution is -0.118. The van der Waals surface area contributed by atoms with Crippen molar-refractivity contribution < 1.29 is 4.79 Å². The maximum atomic E-state index is 13.2. The van der Waals surface area contributed by atoms with Gasteiger partial charge in [-0.1, -0.05) is 82.1 Å². The summed E-state index contributed by atoms with van der Waals surface area (Å²) < 4.78 is 0. The molecule has 3 rings (SSSR count). The van der Waals surface area contributed by atoms with Gasteiger partial charge in [-0.05, 0) is 38.7 Å². The van der Waals surface area contributed by atoms with Gasteiger partial charge in [0.15, 0.2) is 5.78 Å². The number of rotatable bonds is 2. The van der Waals surface area contributed by atoms with Gasteiger partial charge in [0.1, 0.15) is 0 Å². The molecule has 1 N–H and O–H groups in total. The molecule has 0 saturated heterocycles. The molecule has 2 heteroatoms. The second-order valence-electron chi connectivity index (χ2n) is 9.26. The number of allylic oxidation sites excluding steroid dienone is 1. The van der Waals surface area contributed by atoms with Gasteiger partial charge in [0.2, 0.25) is 0 Å². The Labute approximate surface area is 165 Å². The number of fused-ring (bicyclic) bond motifs is 1. The normalized spacial score (nSPS) is 23.6. The fourth-order valence-electron chi connectivity index (χ4n) is 4.71. The number of nitrogens with one attached hydrogen (secondary N) is 1. The Hall–Kier alpha value is -1.57. The Balaban J connectivity index is 1.74. The number of hydrogen-bond acceptors (Lipinski definition) is 2. The average molecular weight is 368 g/mol. The van der Waals surface area contributed by atoms with Crippen LogP contribution in [0.3, 0.4) is 0 Å². The van der Waals surface area contributed by atoms with Gasteiger partial charge in [0.05, 0.1) is 0 Å². The van der Waals surface area contributed by atoms with Crippen molar-refractivity contribution in [1.82, 2.24) is 5.32 Å². The van der Waals surface area contributed by atoms with Gasteiger partial charge < -0.3 is 5.32 Å². The highest BCUT2D eigenvalue weighted by molar-refractivity contribution is 5.98. The van der Waals surface area contributed by atoms with Crippen molar-refractivity contribution in [3.63, 3.8) is 0 Å². The lowest BCUT2D eigenvalue weighted by Gasteiger charge is -2.35. The average Bonchev–Trinajstić information content (AvgIpc) is 2.61. The van der Waals surface area contributed by atoms with Crippen molar-refractivity contribution in [1.29, 1.82) is 0 Å². The summed E-state index contributed by atoms with van der Waals surface area (Å²) in [5.74, 6) is 0.540. The van der Waals surface area contributed by atoms with Crippen LogP contribution in [-0.4, -0.2) is 11.3 Å². The van der Waals surface area contributed by atoms with Crippen molar-refractivity contribution in [2.24, 2.45) is 5.92 Å². The fourth-order valence-corrected chi connectivity index (χ4v) is 4.71. The molecule has 0 unspecified atom stereocenters. The molecule has 148 valence electrons. The minimum Gasteiger partial charge on any atom is -0.379 e. The van der Waals surface area contributed by atoms with Crippen LogP contribution in [0, 0.1) is 5.92 Å². The SMILES string of the molecule is CC1(C)Cc2ccccc2C(=CC(=O)C2CCCCCCCCCCC2)N1. The summed E-state index contributed by atoms with van der Waals surface area (Å²) in [4.78, 5) is 13.2. The van der Waals surface area contributed by atoms with E-state index in [1.165, 1.54) is 68.9 Å². The molecule has 1 saturated carbocycles. The Morgan fingerprint density at radius 2 is 1.48 bits per heavy atom. The van der Waals surface area contributed by atoms with Crippen LogP contribution in [0.4, 0.5) is 0 Å². The third-order valence-corrected chi connectivity index (χ3v) is 6.21. The monoisotopic (exact) mass is 367 g/mol. The van der Waals surface area contributed by atoms with E-state index in [9.17, 15) is 4.79 Å². The number of hydrogen-bond donors (Lipinski definition) is 1. The first-order chi connectivity index (χ1) is 13.1. The Morgan fingerprint density at radius 1 is 0.926 bits per heavy atom. The highest BCUT2D eigenvalue weighted by Gasteiger charge is 2.28. The van der Waals surface area contributed by atoms with Gasteiger partial charge in [-0.2, -0.15) is 0 Å². The standard InChI is InChI=1S/C25H37NO/c1-25(2)19-21-16-12-13-17-22(21)23(26-25)18-24(27)20-14-10-8-6-4-3-5-7-9-11-15-20/h12-13,16-18,20,26H,3-11,14-15,19H2,1-2H3. The second-order valence-corrected chi connectivity index (χ2v) is 9.26. The molecule has 0 atom stereocenters. The predicted octanol–water partition coefficient (Wildman–Crippen LogP) is 6.44. The Kier molecular flexibility index (Phi) is 7.15. The second kappa shape index (κ2) is 9.57. The summed E-state index contributed by atoms with van der Waals surface area (Å²) in [5.41, 5.74) is 3.57. The van der Waals surface area contributed by atoms with Gasteiger partial charge in [-0.15, -0.1) is 0 Å². The summed E-state index contributed by atoms with van der Waals surface area (Å²) in [7, 11) is 0. The zero-order chi connectivity index (χ0) is 19.1. The minimum atomic E-state index is -0.00698. The van der Waals surface area contributed by atoms with E-state index in [0.717, 1.165) is 25.0 Å². The van der Waals surface area contributed by atoms with Crippen LogP contribution in [0.2, 0.25) is 0 Å². The lowest BCUT2D eigenvalue weighted by Crippen LogP contribution is -2.44. The molecule has 1 heterocycles. The topological polar surface area (TPSA) is 29.1 Å². The van der Waals surface area contributed by atoms with Crippen LogP contribution in [0.1, 0.15) is 95.6 Å². The van der Waals surface area contributed by atoms with E-state index >= 15 is 0 Å². The van der Waals surface area contributed by atoms with E-state index in [0.29, 0.717) is 5.78 Å². The Morgan fingerprint density at radius 3 is 2.11 bits per heavy atom. The summed E-state index contributed by atoms with van der Waals surface area (Å²) in [5, 5.41) is 3.63. The van der Waals surface area contributed by atoms with E-state index in [1.54, 1.807) is 0 Å². The predicted molar refractivity (Wildman–Crippen MR) is 115 cm³/mol. The molecular weight excluding hydrogens is 330 g/mol. The maximum Gasteiger partial charge on any atom is 0.160 e. The van der Waals surface area contributed by atoms with Crippen LogP contribution in [0.5, 0.6) is 0 Å². The van der Waals surface area contributed by atoms with Crippen molar-refractivity contribution >= 4 is 11.5 Å². The van der Waals surface area contributed by atoms with Crippen LogP contribution in [0.15, 0.2) is 30.3 Å². The molecule has 27 heavy (non-hydrogen) atoms. The van der Waals surface area contributed by atoms with Crippen molar-refractivity contribution in [3.05, 3.63) is 41.5 Å². The smallest absolute Gasteiger partial charge is 0.160 e. The van der Waals surface area contributed by atoms with E-state index < -0.39 is 0 Å². The van der Waals surface area contributed by atoms with Gasteiger partial charge in [0, 0.05) is 28.8 Å². The first-order valence-electron chi connectivity index (χ1n) is 11.2. The molecule has 1 fully saturated rings. The van der Waals surface area contributed by atoms with E-state index in [1.807, 2.05) is 6.08 Å². The number of carbonyl (C=O) groups is 1. The zero-order valence-electron chi connectivity index (χ0n) is 17.4. The van der Waals surface area contributed by atoms with Gasteiger partial charge in [0.25, 0.3) is 0 Å². The molecule has 1 aromatic rings. The molecule has 1 aliphatic heterocycles. The van der Waals surface area contributed by atoms with Gasteiger partial charge in [-0.25, -0.2) is 0 Å². The number of carbonyl (C=O) groups excluding carboxylic acids is 1. The molecule has 0 amide bonds. The molecule has 0 spiro atoms. The summed E-state index contributed by atoms with van der Waals surface area (Å²) in [6, 6.07) is 8.53. The van der Waals surface area contributed by atoms with Crippen LogP contribution >= 0.6 is 0 Å². The molecule has 2 nitrogen and oxygen atoms in total. The summed E-state index contributed by atoms with van der Waals surface area (Å²) in [6.07, 6.45) is 16.9. The maximum absolute atomic E-state index is 13.2. The van der Waals surface area contributed by atoms with Crippen LogP contribution in [0.25, 0.3) is 5.70 Å². The molecule has 2 aliphatic rings. The van der Waals surface area contributed by atoms with Crippen molar-refractivity contribution in [2.45, 2.75) is 96.4 Å². The number of ketones is 1. The highest BCUT2D eigenvalue weighted by Crippen LogP contribution is 2.30.